The zero-order valence-corrected chi connectivity index (χ0v) is 16.5. The van der Waals surface area contributed by atoms with Crippen LogP contribution in [0.4, 0.5) is 5.69 Å². The van der Waals surface area contributed by atoms with Crippen molar-refractivity contribution in [3.05, 3.63) is 59.7 Å². The molecule has 0 unspecified atom stereocenters. The first kappa shape index (κ1) is 20.5. The second kappa shape index (κ2) is 8.71. The Labute approximate surface area is 160 Å². The molecule has 2 aromatic rings. The highest BCUT2D eigenvalue weighted by Crippen LogP contribution is 2.24. The van der Waals surface area contributed by atoms with Crippen LogP contribution in [0, 0.1) is 0 Å². The predicted molar refractivity (Wildman–Crippen MR) is 106 cm³/mol. The molecule has 0 aromatic heterocycles. The van der Waals surface area contributed by atoms with E-state index in [1.165, 1.54) is 5.56 Å². The van der Waals surface area contributed by atoms with Gasteiger partial charge in [-0.25, -0.2) is 4.79 Å². The fourth-order valence-electron chi connectivity index (χ4n) is 2.37. The molecular formula is C22H27NO4. The number of carbonyl (C=O) groups excluding carboxylic acids is 2. The summed E-state index contributed by atoms with van der Waals surface area (Å²) < 4.78 is 10.7. The van der Waals surface area contributed by atoms with Crippen LogP contribution in [-0.4, -0.2) is 24.6 Å². The molecule has 2 rings (SSSR count). The van der Waals surface area contributed by atoms with Gasteiger partial charge in [-0.2, -0.15) is 0 Å². The molecule has 0 heterocycles. The van der Waals surface area contributed by atoms with Crippen LogP contribution in [0.5, 0.6) is 5.75 Å². The SMILES string of the molecule is CC(C)OC(=O)c1ccc(NC(=O)COc2ccc(C(C)(C)C)cc2)cc1. The summed E-state index contributed by atoms with van der Waals surface area (Å²) in [6.45, 7) is 9.93. The molecule has 27 heavy (non-hydrogen) atoms. The molecule has 0 atom stereocenters. The van der Waals surface area contributed by atoms with Crippen molar-refractivity contribution in [2.45, 2.75) is 46.1 Å². The number of carbonyl (C=O) groups is 2. The highest BCUT2D eigenvalue weighted by molar-refractivity contribution is 5.93. The van der Waals surface area contributed by atoms with Crippen molar-refractivity contribution in [2.75, 3.05) is 11.9 Å². The third kappa shape index (κ3) is 6.44. The van der Waals surface area contributed by atoms with Crippen LogP contribution in [0.1, 0.15) is 50.5 Å². The van der Waals surface area contributed by atoms with Gasteiger partial charge in [0, 0.05) is 5.69 Å². The van der Waals surface area contributed by atoms with Gasteiger partial charge in [0.05, 0.1) is 11.7 Å². The van der Waals surface area contributed by atoms with Gasteiger partial charge in [0.2, 0.25) is 0 Å². The maximum absolute atomic E-state index is 12.0. The van der Waals surface area contributed by atoms with Gasteiger partial charge in [0.1, 0.15) is 5.75 Å². The molecule has 1 N–H and O–H groups in total. The van der Waals surface area contributed by atoms with E-state index < -0.39 is 0 Å². The maximum atomic E-state index is 12.0. The van der Waals surface area contributed by atoms with Crippen molar-refractivity contribution in [2.24, 2.45) is 0 Å². The molecule has 2 aromatic carbocycles. The number of hydrogen-bond acceptors (Lipinski definition) is 4. The molecule has 5 nitrogen and oxygen atoms in total. The average molecular weight is 369 g/mol. The summed E-state index contributed by atoms with van der Waals surface area (Å²) in [6.07, 6.45) is -0.175. The van der Waals surface area contributed by atoms with Crippen molar-refractivity contribution in [3.63, 3.8) is 0 Å². The molecule has 0 fully saturated rings. The van der Waals surface area contributed by atoms with Gasteiger partial charge in [0.15, 0.2) is 6.61 Å². The normalized spacial score (nSPS) is 11.2. The van der Waals surface area contributed by atoms with E-state index in [9.17, 15) is 9.59 Å². The monoisotopic (exact) mass is 369 g/mol. The van der Waals surface area contributed by atoms with E-state index in [4.69, 9.17) is 9.47 Å². The predicted octanol–water partition coefficient (Wildman–Crippen LogP) is 4.57. The topological polar surface area (TPSA) is 64.6 Å². The van der Waals surface area contributed by atoms with E-state index in [1.54, 1.807) is 38.1 Å². The second-order valence-electron chi connectivity index (χ2n) is 7.64. The smallest absolute Gasteiger partial charge is 0.338 e. The Morgan fingerprint density at radius 1 is 0.963 bits per heavy atom. The summed E-state index contributed by atoms with van der Waals surface area (Å²) in [5, 5.41) is 2.74. The molecule has 0 aliphatic rings. The highest BCUT2D eigenvalue weighted by Gasteiger charge is 2.13. The van der Waals surface area contributed by atoms with Crippen molar-refractivity contribution < 1.29 is 19.1 Å². The molecule has 0 bridgehead atoms. The van der Waals surface area contributed by atoms with Crippen LogP contribution >= 0.6 is 0 Å². The van der Waals surface area contributed by atoms with Crippen LogP contribution in [0.15, 0.2) is 48.5 Å². The molecule has 0 saturated carbocycles. The first-order valence-electron chi connectivity index (χ1n) is 8.99. The van der Waals surface area contributed by atoms with Crippen molar-refractivity contribution in [1.29, 1.82) is 0 Å². The molecule has 0 spiro atoms. The van der Waals surface area contributed by atoms with Gasteiger partial charge in [-0.05, 0) is 61.2 Å². The molecular weight excluding hydrogens is 342 g/mol. The Balaban J connectivity index is 1.86. The zero-order chi connectivity index (χ0) is 20.0. The zero-order valence-electron chi connectivity index (χ0n) is 16.5. The third-order valence-electron chi connectivity index (χ3n) is 3.84. The number of ether oxygens (including phenoxy) is 2. The van der Waals surface area contributed by atoms with Gasteiger partial charge in [-0.1, -0.05) is 32.9 Å². The van der Waals surface area contributed by atoms with E-state index in [1.807, 2.05) is 24.3 Å². The van der Waals surface area contributed by atoms with Crippen LogP contribution in [-0.2, 0) is 14.9 Å². The van der Waals surface area contributed by atoms with Gasteiger partial charge < -0.3 is 14.8 Å². The van der Waals surface area contributed by atoms with Crippen molar-refractivity contribution >= 4 is 17.6 Å². The van der Waals surface area contributed by atoms with Gasteiger partial charge in [0.25, 0.3) is 5.91 Å². The first-order chi connectivity index (χ1) is 12.6. The Kier molecular flexibility index (Phi) is 6.61. The lowest BCUT2D eigenvalue weighted by Crippen LogP contribution is -2.20. The van der Waals surface area contributed by atoms with E-state index in [-0.39, 0.29) is 30.0 Å². The number of benzene rings is 2. The first-order valence-corrected chi connectivity index (χ1v) is 8.99. The lowest BCUT2D eigenvalue weighted by molar-refractivity contribution is -0.118. The molecule has 0 aliphatic carbocycles. The Bertz CT molecular complexity index is 771. The number of anilines is 1. The van der Waals surface area contributed by atoms with Gasteiger partial charge >= 0.3 is 5.97 Å². The van der Waals surface area contributed by atoms with Gasteiger partial charge in [-0.15, -0.1) is 0 Å². The minimum Gasteiger partial charge on any atom is -0.484 e. The molecule has 1 amide bonds. The lowest BCUT2D eigenvalue weighted by atomic mass is 9.87. The Morgan fingerprint density at radius 2 is 1.56 bits per heavy atom. The Morgan fingerprint density at radius 3 is 2.07 bits per heavy atom. The van der Waals surface area contributed by atoms with Crippen molar-refractivity contribution in [1.82, 2.24) is 0 Å². The molecule has 144 valence electrons. The van der Waals surface area contributed by atoms with Crippen LogP contribution in [0.2, 0.25) is 0 Å². The molecule has 0 radical (unpaired) electrons. The number of amides is 1. The summed E-state index contributed by atoms with van der Waals surface area (Å²) in [5.41, 5.74) is 2.31. The summed E-state index contributed by atoms with van der Waals surface area (Å²) in [4.78, 5) is 23.9. The average Bonchev–Trinajstić information content (AvgIpc) is 2.59. The maximum Gasteiger partial charge on any atom is 0.338 e. The fraction of sp³-hybridized carbons (Fsp3) is 0.364. The minimum atomic E-state index is -0.384. The largest absolute Gasteiger partial charge is 0.484 e. The van der Waals surface area contributed by atoms with E-state index >= 15 is 0 Å². The Hall–Kier alpha value is -2.82. The van der Waals surface area contributed by atoms with E-state index in [0.717, 1.165) is 0 Å². The minimum absolute atomic E-state index is 0.0731. The standard InChI is InChI=1S/C22H27NO4/c1-15(2)27-21(25)16-6-10-18(11-7-16)23-20(24)14-26-19-12-8-17(9-13-19)22(3,4)5/h6-13,15H,14H2,1-5H3,(H,23,24). The van der Waals surface area contributed by atoms with E-state index in [2.05, 4.69) is 26.1 Å². The van der Waals surface area contributed by atoms with Crippen LogP contribution < -0.4 is 10.1 Å². The lowest BCUT2D eigenvalue weighted by Gasteiger charge is -2.19. The van der Waals surface area contributed by atoms with Crippen molar-refractivity contribution in [3.8, 4) is 5.75 Å². The fourth-order valence-corrected chi connectivity index (χ4v) is 2.37. The summed E-state index contributed by atoms with van der Waals surface area (Å²) in [5.74, 6) is -0.0118. The summed E-state index contributed by atoms with van der Waals surface area (Å²) in [7, 11) is 0. The quantitative estimate of drug-likeness (QED) is 0.758. The molecule has 5 heteroatoms. The second-order valence-corrected chi connectivity index (χ2v) is 7.64. The third-order valence-corrected chi connectivity index (χ3v) is 3.84. The number of hydrogen-bond donors (Lipinski definition) is 1. The summed E-state index contributed by atoms with van der Waals surface area (Å²) in [6, 6.07) is 14.3. The number of esters is 1. The van der Waals surface area contributed by atoms with E-state index in [0.29, 0.717) is 17.0 Å². The van der Waals surface area contributed by atoms with Gasteiger partial charge in [-0.3, -0.25) is 4.79 Å². The summed E-state index contributed by atoms with van der Waals surface area (Å²) >= 11 is 0. The highest BCUT2D eigenvalue weighted by atomic mass is 16.5. The van der Waals surface area contributed by atoms with Crippen LogP contribution in [0.25, 0.3) is 0 Å². The number of nitrogens with one attached hydrogen (secondary N) is 1. The molecule has 0 aliphatic heterocycles. The number of rotatable bonds is 6. The molecule has 0 saturated heterocycles. The van der Waals surface area contributed by atoms with Crippen LogP contribution in [0.3, 0.4) is 0 Å².